The third-order valence-electron chi connectivity index (χ3n) is 7.55. The summed E-state index contributed by atoms with van der Waals surface area (Å²) in [4.78, 5) is 29.7. The number of nitrogens with one attached hydrogen (secondary N) is 3. The Labute approximate surface area is 237 Å². The maximum absolute atomic E-state index is 13.4. The predicted molar refractivity (Wildman–Crippen MR) is 158 cm³/mol. The van der Waals surface area contributed by atoms with Gasteiger partial charge in [0.25, 0.3) is 0 Å². The third kappa shape index (κ3) is 6.96. The summed E-state index contributed by atoms with van der Waals surface area (Å²) >= 11 is 1.11. The number of hydrogen-bond acceptors (Lipinski definition) is 6. The minimum Gasteiger partial charge on any atom is -0.506 e. The number of phenolic OH excluding ortho intramolecular Hbond substituents is 1. The van der Waals surface area contributed by atoms with E-state index in [1.54, 1.807) is 18.2 Å². The highest BCUT2D eigenvalue weighted by molar-refractivity contribution is 7.16. The van der Waals surface area contributed by atoms with Crippen LogP contribution >= 0.6 is 11.3 Å². The SMILES string of the molecule is O=C(CCNCCc1ccc(F)cc1)N(CCNCCc1ccc(O)c2[nH]c(=O)sc12)C1Cc2ccccc2C1. The summed E-state index contributed by atoms with van der Waals surface area (Å²) in [5.41, 5.74) is 5.20. The van der Waals surface area contributed by atoms with E-state index in [-0.39, 0.29) is 28.4 Å². The molecular formula is C31H35FN4O3S. The standard InChI is InChI=1S/C31H35FN4O3S/c32-25-8-5-21(6-9-25)11-14-33-16-13-28(38)36(26-19-23-3-1-2-4-24(23)20-26)18-17-34-15-12-22-7-10-27(37)29-30(22)40-31(39)35-29/h1-10,26,33-34,37H,11-20H2,(H,35,39). The van der Waals surface area contributed by atoms with E-state index in [4.69, 9.17) is 0 Å². The van der Waals surface area contributed by atoms with Crippen molar-refractivity contribution in [1.29, 1.82) is 0 Å². The molecule has 0 saturated heterocycles. The molecule has 0 unspecified atom stereocenters. The van der Waals surface area contributed by atoms with E-state index in [1.807, 2.05) is 11.0 Å². The first-order chi connectivity index (χ1) is 19.5. The molecule has 40 heavy (non-hydrogen) atoms. The Kier molecular flexibility index (Phi) is 9.26. The van der Waals surface area contributed by atoms with Crippen molar-refractivity contribution in [3.8, 4) is 5.75 Å². The number of thiazole rings is 1. The maximum atomic E-state index is 13.4. The number of aromatic hydroxyl groups is 1. The molecule has 7 nitrogen and oxygen atoms in total. The average molecular weight is 563 g/mol. The molecule has 1 aliphatic carbocycles. The fourth-order valence-electron chi connectivity index (χ4n) is 5.43. The number of rotatable bonds is 13. The molecule has 5 rings (SSSR count). The second kappa shape index (κ2) is 13.2. The van der Waals surface area contributed by atoms with Gasteiger partial charge in [-0.15, -0.1) is 0 Å². The number of aromatic nitrogens is 1. The van der Waals surface area contributed by atoms with Crippen LogP contribution in [0.5, 0.6) is 5.75 Å². The van der Waals surface area contributed by atoms with Gasteiger partial charge in [-0.3, -0.25) is 9.59 Å². The van der Waals surface area contributed by atoms with Crippen LogP contribution in [0.4, 0.5) is 4.39 Å². The summed E-state index contributed by atoms with van der Waals surface area (Å²) in [6.45, 7) is 3.32. The van der Waals surface area contributed by atoms with Gasteiger partial charge < -0.3 is 25.6 Å². The average Bonchev–Trinajstić information content (AvgIpc) is 3.56. The Balaban J connectivity index is 1.12. The lowest BCUT2D eigenvalue weighted by molar-refractivity contribution is -0.133. The molecule has 1 aromatic heterocycles. The molecule has 210 valence electrons. The number of nitrogens with zero attached hydrogens (tertiary/aromatic N) is 1. The molecule has 0 atom stereocenters. The Hall–Kier alpha value is -3.53. The molecule has 0 spiro atoms. The topological polar surface area (TPSA) is 97.5 Å². The molecule has 4 aromatic rings. The highest BCUT2D eigenvalue weighted by Gasteiger charge is 2.29. The third-order valence-corrected chi connectivity index (χ3v) is 8.51. The van der Waals surface area contributed by atoms with Crippen molar-refractivity contribution in [3.63, 3.8) is 0 Å². The molecule has 9 heteroatoms. The van der Waals surface area contributed by atoms with Crippen LogP contribution in [-0.4, -0.2) is 59.7 Å². The van der Waals surface area contributed by atoms with E-state index in [1.165, 1.54) is 23.3 Å². The number of benzene rings is 3. The van der Waals surface area contributed by atoms with Gasteiger partial charge in [0.05, 0.1) is 4.70 Å². The van der Waals surface area contributed by atoms with Crippen LogP contribution in [0.3, 0.4) is 0 Å². The van der Waals surface area contributed by atoms with Crippen LogP contribution in [-0.2, 0) is 30.5 Å². The van der Waals surface area contributed by atoms with Crippen molar-refractivity contribution in [2.45, 2.75) is 38.1 Å². The monoisotopic (exact) mass is 562 g/mol. The molecule has 0 bridgehead atoms. The molecule has 0 fully saturated rings. The first kappa shape index (κ1) is 28.0. The minimum atomic E-state index is -0.234. The minimum absolute atomic E-state index is 0.0849. The molecule has 1 heterocycles. The largest absolute Gasteiger partial charge is 0.506 e. The smallest absolute Gasteiger partial charge is 0.305 e. The lowest BCUT2D eigenvalue weighted by Gasteiger charge is -2.29. The number of phenols is 1. The summed E-state index contributed by atoms with van der Waals surface area (Å²) in [6, 6.07) is 18.6. The quantitative estimate of drug-likeness (QED) is 0.186. The number of aromatic amines is 1. The summed E-state index contributed by atoms with van der Waals surface area (Å²) in [6.07, 6.45) is 3.67. The summed E-state index contributed by atoms with van der Waals surface area (Å²) in [5.74, 6) is -0.00412. The Morgan fingerprint density at radius 1 is 0.950 bits per heavy atom. The van der Waals surface area contributed by atoms with Crippen LogP contribution in [0.2, 0.25) is 0 Å². The molecular weight excluding hydrogens is 527 g/mol. The summed E-state index contributed by atoms with van der Waals surface area (Å²) < 4.78 is 13.9. The lowest BCUT2D eigenvalue weighted by atomic mass is 10.1. The van der Waals surface area contributed by atoms with Crippen molar-refractivity contribution in [2.24, 2.45) is 0 Å². The fourth-order valence-corrected chi connectivity index (χ4v) is 6.33. The van der Waals surface area contributed by atoms with Gasteiger partial charge in [-0.1, -0.05) is 53.8 Å². The zero-order chi connectivity index (χ0) is 27.9. The summed E-state index contributed by atoms with van der Waals surface area (Å²) in [7, 11) is 0. The second-order valence-electron chi connectivity index (χ2n) is 10.3. The van der Waals surface area contributed by atoms with Gasteiger partial charge in [-0.25, -0.2) is 4.39 Å². The molecule has 3 aromatic carbocycles. The van der Waals surface area contributed by atoms with E-state index in [2.05, 4.69) is 39.9 Å². The number of carbonyl (C=O) groups is 1. The normalized spacial score (nSPS) is 13.1. The zero-order valence-electron chi connectivity index (χ0n) is 22.4. The summed E-state index contributed by atoms with van der Waals surface area (Å²) in [5, 5.41) is 16.8. The van der Waals surface area contributed by atoms with E-state index in [0.717, 1.165) is 53.0 Å². The van der Waals surface area contributed by atoms with Crippen LogP contribution in [0.15, 0.2) is 65.5 Å². The Bertz CT molecular complexity index is 1480. The van der Waals surface area contributed by atoms with Gasteiger partial charge in [0.1, 0.15) is 17.1 Å². The Morgan fingerprint density at radius 2 is 1.65 bits per heavy atom. The van der Waals surface area contributed by atoms with Gasteiger partial charge in [-0.2, -0.15) is 0 Å². The van der Waals surface area contributed by atoms with Gasteiger partial charge in [0.2, 0.25) is 5.91 Å². The second-order valence-corrected chi connectivity index (χ2v) is 11.2. The van der Waals surface area contributed by atoms with Crippen molar-refractivity contribution in [3.05, 3.63) is 98.4 Å². The van der Waals surface area contributed by atoms with Gasteiger partial charge in [0, 0.05) is 32.1 Å². The molecule has 0 saturated carbocycles. The van der Waals surface area contributed by atoms with Gasteiger partial charge >= 0.3 is 4.87 Å². The van der Waals surface area contributed by atoms with E-state index in [0.29, 0.717) is 44.5 Å². The molecule has 1 amide bonds. The Morgan fingerprint density at radius 3 is 2.40 bits per heavy atom. The van der Waals surface area contributed by atoms with E-state index in [9.17, 15) is 19.1 Å². The fraction of sp³-hybridized carbons (Fsp3) is 0.355. The molecule has 0 aliphatic heterocycles. The van der Waals surface area contributed by atoms with Gasteiger partial charge in [-0.05, 0) is 79.2 Å². The maximum Gasteiger partial charge on any atom is 0.305 e. The number of halogens is 1. The molecule has 0 radical (unpaired) electrons. The highest BCUT2D eigenvalue weighted by Crippen LogP contribution is 2.28. The van der Waals surface area contributed by atoms with Crippen LogP contribution in [0, 0.1) is 5.82 Å². The van der Waals surface area contributed by atoms with Crippen LogP contribution in [0.1, 0.15) is 28.7 Å². The van der Waals surface area contributed by atoms with Crippen LogP contribution in [0.25, 0.3) is 10.2 Å². The van der Waals surface area contributed by atoms with Crippen molar-refractivity contribution in [1.82, 2.24) is 20.5 Å². The number of hydrogen-bond donors (Lipinski definition) is 4. The number of H-pyrrole nitrogens is 1. The molecule has 1 aliphatic rings. The first-order valence-electron chi connectivity index (χ1n) is 13.8. The predicted octanol–water partition coefficient (Wildman–Crippen LogP) is 3.78. The van der Waals surface area contributed by atoms with E-state index >= 15 is 0 Å². The zero-order valence-corrected chi connectivity index (χ0v) is 23.2. The van der Waals surface area contributed by atoms with Crippen molar-refractivity contribution in [2.75, 3.05) is 32.7 Å². The number of fused-ring (bicyclic) bond motifs is 2. The van der Waals surface area contributed by atoms with Crippen molar-refractivity contribution >= 4 is 27.5 Å². The number of carbonyl (C=O) groups excluding carboxylic acids is 1. The molecule has 4 N–H and O–H groups in total. The highest BCUT2D eigenvalue weighted by atomic mass is 32.1. The van der Waals surface area contributed by atoms with Gasteiger partial charge in [0.15, 0.2) is 0 Å². The first-order valence-corrected chi connectivity index (χ1v) is 14.7. The van der Waals surface area contributed by atoms with Crippen LogP contribution < -0.4 is 15.5 Å². The number of amides is 1. The van der Waals surface area contributed by atoms with Crippen molar-refractivity contribution < 1.29 is 14.3 Å². The lowest BCUT2D eigenvalue weighted by Crippen LogP contribution is -2.45. The van der Waals surface area contributed by atoms with E-state index < -0.39 is 0 Å².